The van der Waals surface area contributed by atoms with E-state index >= 15 is 0 Å². The van der Waals surface area contributed by atoms with Crippen LogP contribution >= 0.6 is 0 Å². The molecule has 0 radical (unpaired) electrons. The van der Waals surface area contributed by atoms with Gasteiger partial charge < -0.3 is 4.90 Å². The third-order valence-corrected chi connectivity index (χ3v) is 7.39. The molecule has 0 aliphatic carbocycles. The van der Waals surface area contributed by atoms with Crippen LogP contribution in [0.3, 0.4) is 0 Å². The van der Waals surface area contributed by atoms with Crippen molar-refractivity contribution >= 4 is 0 Å². The SMILES string of the molecule is C(=CCCCCN1C=C(CC=CCCCCCCc2cccnc2)C=CC1)CCCCCCc1cccnc1. The minimum Gasteiger partial charge on any atom is -0.373 e. The highest BCUT2D eigenvalue weighted by molar-refractivity contribution is 5.24. The first-order valence-electron chi connectivity index (χ1n) is 15.6. The van der Waals surface area contributed by atoms with E-state index in [4.69, 9.17) is 0 Å². The molecule has 0 amide bonds. The smallest absolute Gasteiger partial charge is 0.0357 e. The van der Waals surface area contributed by atoms with Crippen LogP contribution in [0.5, 0.6) is 0 Å². The van der Waals surface area contributed by atoms with Crippen molar-refractivity contribution in [2.45, 2.75) is 103 Å². The highest BCUT2D eigenvalue weighted by Gasteiger charge is 2.04. The van der Waals surface area contributed by atoms with E-state index < -0.39 is 0 Å². The Labute approximate surface area is 238 Å². The number of pyridine rings is 2. The summed E-state index contributed by atoms with van der Waals surface area (Å²) in [5.41, 5.74) is 4.17. The summed E-state index contributed by atoms with van der Waals surface area (Å²) < 4.78 is 0. The lowest BCUT2D eigenvalue weighted by molar-refractivity contribution is 0.394. The number of hydrogen-bond acceptors (Lipinski definition) is 3. The lowest BCUT2D eigenvalue weighted by atomic mass is 10.1. The fourth-order valence-electron chi connectivity index (χ4n) is 5.08. The van der Waals surface area contributed by atoms with Crippen molar-refractivity contribution in [3.63, 3.8) is 0 Å². The van der Waals surface area contributed by atoms with Crippen molar-refractivity contribution in [2.75, 3.05) is 13.1 Å². The first kappa shape index (κ1) is 30.6. The van der Waals surface area contributed by atoms with E-state index in [1.807, 2.05) is 36.9 Å². The van der Waals surface area contributed by atoms with E-state index in [0.29, 0.717) is 0 Å². The third-order valence-electron chi connectivity index (χ3n) is 7.39. The second-order valence-electron chi connectivity index (χ2n) is 10.9. The van der Waals surface area contributed by atoms with Gasteiger partial charge in [-0.25, -0.2) is 0 Å². The van der Waals surface area contributed by atoms with Crippen LogP contribution in [0.2, 0.25) is 0 Å². The standard InChI is InChI=1S/C36H51N3/c1(3-6-10-14-21-34-24-18-27-37-31-34)2-4-9-13-17-29-39-30-20-26-36(33-39)23-16-12-8-5-7-11-15-22-35-25-19-28-38-32-35/h2,4,12,16,18-20,24-28,31-33H,1,3,5-11,13-15,17,21-23,29-30H2. The van der Waals surface area contributed by atoms with E-state index in [2.05, 4.69) is 69.7 Å². The van der Waals surface area contributed by atoms with Crippen molar-refractivity contribution in [1.82, 2.24) is 14.9 Å². The number of hydrogen-bond donors (Lipinski definition) is 0. The van der Waals surface area contributed by atoms with Crippen LogP contribution in [0.4, 0.5) is 0 Å². The third kappa shape index (κ3) is 15.3. The summed E-state index contributed by atoms with van der Waals surface area (Å²) in [6.45, 7) is 2.23. The molecule has 3 heteroatoms. The molecule has 0 N–H and O–H groups in total. The number of aromatic nitrogens is 2. The molecule has 0 bridgehead atoms. The minimum absolute atomic E-state index is 1.06. The van der Waals surface area contributed by atoms with Gasteiger partial charge in [0, 0.05) is 44.1 Å². The highest BCUT2D eigenvalue weighted by atomic mass is 15.1. The Morgan fingerprint density at radius 1 is 0.641 bits per heavy atom. The Bertz CT molecular complexity index is 975. The summed E-state index contributed by atoms with van der Waals surface area (Å²) in [6, 6.07) is 8.43. The topological polar surface area (TPSA) is 29.0 Å². The molecule has 3 nitrogen and oxygen atoms in total. The molecule has 1 aliphatic heterocycles. The van der Waals surface area contributed by atoms with E-state index in [1.165, 1.54) is 113 Å². The van der Waals surface area contributed by atoms with Crippen LogP contribution in [0.1, 0.15) is 101 Å². The van der Waals surface area contributed by atoms with E-state index in [0.717, 1.165) is 19.4 Å². The van der Waals surface area contributed by atoms with Crippen molar-refractivity contribution in [1.29, 1.82) is 0 Å². The summed E-state index contributed by atoms with van der Waals surface area (Å²) >= 11 is 0. The van der Waals surface area contributed by atoms with Gasteiger partial charge in [0.25, 0.3) is 0 Å². The summed E-state index contributed by atoms with van der Waals surface area (Å²) in [6.07, 6.45) is 44.3. The van der Waals surface area contributed by atoms with Gasteiger partial charge in [-0.1, -0.05) is 74.3 Å². The molecule has 0 aromatic carbocycles. The number of unbranched alkanes of at least 4 members (excludes halogenated alkanes) is 10. The number of rotatable bonds is 21. The normalized spacial score (nSPS) is 13.5. The first-order valence-corrected chi connectivity index (χ1v) is 15.6. The van der Waals surface area contributed by atoms with Crippen LogP contribution < -0.4 is 0 Å². The Morgan fingerprint density at radius 2 is 1.21 bits per heavy atom. The maximum absolute atomic E-state index is 4.20. The van der Waals surface area contributed by atoms with E-state index in [9.17, 15) is 0 Å². The molecule has 2 aromatic heterocycles. The van der Waals surface area contributed by atoms with Gasteiger partial charge >= 0.3 is 0 Å². The molecular weight excluding hydrogens is 474 g/mol. The van der Waals surface area contributed by atoms with Gasteiger partial charge in [0.1, 0.15) is 0 Å². The predicted molar refractivity (Wildman–Crippen MR) is 168 cm³/mol. The molecule has 3 heterocycles. The fourth-order valence-corrected chi connectivity index (χ4v) is 5.08. The number of allylic oxidation sites excluding steroid dienone is 6. The van der Waals surface area contributed by atoms with Gasteiger partial charge in [0.15, 0.2) is 0 Å². The summed E-state index contributed by atoms with van der Waals surface area (Å²) in [5.74, 6) is 0. The Morgan fingerprint density at radius 3 is 1.79 bits per heavy atom. The van der Waals surface area contributed by atoms with Crippen molar-refractivity contribution < 1.29 is 0 Å². The average molecular weight is 526 g/mol. The zero-order valence-corrected chi connectivity index (χ0v) is 24.2. The lowest BCUT2D eigenvalue weighted by Gasteiger charge is -2.22. The van der Waals surface area contributed by atoms with Gasteiger partial charge in [-0.15, -0.1) is 0 Å². The first-order chi connectivity index (χ1) is 19.4. The van der Waals surface area contributed by atoms with Crippen molar-refractivity contribution in [2.24, 2.45) is 0 Å². The molecule has 39 heavy (non-hydrogen) atoms. The average Bonchev–Trinajstić information content (AvgIpc) is 2.98. The predicted octanol–water partition coefficient (Wildman–Crippen LogP) is 9.59. The van der Waals surface area contributed by atoms with E-state index in [-0.39, 0.29) is 0 Å². The molecular formula is C36H51N3. The van der Waals surface area contributed by atoms with Crippen LogP contribution in [-0.4, -0.2) is 28.0 Å². The second kappa shape index (κ2) is 21.0. The van der Waals surface area contributed by atoms with Crippen LogP contribution in [0, 0.1) is 0 Å². The highest BCUT2D eigenvalue weighted by Crippen LogP contribution is 2.15. The molecule has 0 spiro atoms. The molecule has 210 valence electrons. The maximum atomic E-state index is 4.20. The van der Waals surface area contributed by atoms with Crippen LogP contribution in [-0.2, 0) is 12.8 Å². The molecule has 1 aliphatic rings. The Balaban J connectivity index is 1.11. The summed E-state index contributed by atoms with van der Waals surface area (Å²) in [5, 5.41) is 0. The quantitative estimate of drug-likeness (QED) is 0.120. The molecule has 0 saturated heterocycles. The van der Waals surface area contributed by atoms with Crippen LogP contribution in [0.25, 0.3) is 0 Å². The van der Waals surface area contributed by atoms with E-state index in [1.54, 1.807) is 0 Å². The largest absolute Gasteiger partial charge is 0.373 e. The maximum Gasteiger partial charge on any atom is 0.0357 e. The van der Waals surface area contributed by atoms with Gasteiger partial charge in [-0.05, 0) is 106 Å². The van der Waals surface area contributed by atoms with Gasteiger partial charge in [0.2, 0.25) is 0 Å². The van der Waals surface area contributed by atoms with Crippen LogP contribution in [0.15, 0.2) is 97.3 Å². The van der Waals surface area contributed by atoms with Gasteiger partial charge in [-0.3, -0.25) is 9.97 Å². The monoisotopic (exact) mass is 525 g/mol. The molecule has 0 unspecified atom stereocenters. The minimum atomic E-state index is 1.06. The Kier molecular flexibility index (Phi) is 16.4. The molecule has 0 atom stereocenters. The molecule has 3 rings (SSSR count). The zero-order valence-electron chi connectivity index (χ0n) is 24.2. The summed E-state index contributed by atoms with van der Waals surface area (Å²) in [4.78, 5) is 10.9. The summed E-state index contributed by atoms with van der Waals surface area (Å²) in [7, 11) is 0. The van der Waals surface area contributed by atoms with Crippen molar-refractivity contribution in [3.05, 3.63) is 108 Å². The molecule has 0 fully saturated rings. The second-order valence-corrected chi connectivity index (χ2v) is 10.9. The zero-order chi connectivity index (χ0) is 27.1. The molecule has 2 aromatic rings. The Hall–Kier alpha value is -2.94. The molecule has 0 saturated carbocycles. The van der Waals surface area contributed by atoms with Crippen molar-refractivity contribution in [3.8, 4) is 0 Å². The fraction of sp³-hybridized carbons (Fsp3) is 0.500. The number of aryl methyl sites for hydroxylation is 2. The number of nitrogens with zero attached hydrogens (tertiary/aromatic N) is 3. The van der Waals surface area contributed by atoms with Gasteiger partial charge in [0.05, 0.1) is 0 Å². The lowest BCUT2D eigenvalue weighted by Crippen LogP contribution is -2.21. The van der Waals surface area contributed by atoms with Gasteiger partial charge in [-0.2, -0.15) is 0 Å².